The standard InChI is InChI=1S/C23H21.C5H5.C3H6.2ClH.Zr/c1-22(2)7-5-14-10-18-16(12-20(14)22)9-17-13-21-15(11-19(17)18)6-8-23(21,3)4;1-2-4-5-3-1;1-3-2;;;/h5-7,10-13H,9H2,1-4H3;1-5H;1-2H3;2*1H;/q2*-1;;;;+2/p-2. The Labute approximate surface area is 233 Å². The van der Waals surface area contributed by atoms with E-state index in [2.05, 4.69) is 90.1 Å². The van der Waals surface area contributed by atoms with Gasteiger partial charge in [-0.2, -0.15) is 23.8 Å². The van der Waals surface area contributed by atoms with Crippen LogP contribution in [0.1, 0.15) is 74.9 Å². The fourth-order valence-electron chi connectivity index (χ4n) is 4.72. The predicted octanol–water partition coefficient (Wildman–Crippen LogP) is 1.83. The number of hydrogen-bond acceptors (Lipinski definition) is 0. The van der Waals surface area contributed by atoms with Gasteiger partial charge in [-0.3, -0.25) is 6.08 Å². The molecule has 176 valence electrons. The topological polar surface area (TPSA) is 0 Å². The van der Waals surface area contributed by atoms with E-state index in [4.69, 9.17) is 0 Å². The number of halogens is 2. The van der Waals surface area contributed by atoms with Gasteiger partial charge in [0.15, 0.2) is 0 Å². The van der Waals surface area contributed by atoms with Gasteiger partial charge in [0, 0.05) is 5.41 Å². The third-order valence-corrected chi connectivity index (χ3v) is 6.41. The van der Waals surface area contributed by atoms with Crippen LogP contribution in [-0.4, -0.2) is 3.21 Å². The molecular formula is C31H32Cl2Zr-2. The second-order valence-corrected chi connectivity index (χ2v) is 12.8. The Morgan fingerprint density at radius 3 is 1.91 bits per heavy atom. The van der Waals surface area contributed by atoms with Crippen LogP contribution in [0.4, 0.5) is 0 Å². The number of hydrogen-bond donors (Lipinski definition) is 0. The molecule has 34 heavy (non-hydrogen) atoms. The van der Waals surface area contributed by atoms with Gasteiger partial charge in [0.1, 0.15) is 0 Å². The molecule has 0 unspecified atom stereocenters. The molecule has 0 fully saturated rings. The van der Waals surface area contributed by atoms with Crippen LogP contribution in [0.15, 0.2) is 60.7 Å². The molecule has 0 N–H and O–H groups in total. The van der Waals surface area contributed by atoms with Gasteiger partial charge in [-0.15, -0.1) is 11.6 Å². The van der Waals surface area contributed by atoms with E-state index in [1.54, 1.807) is 24.2 Å². The van der Waals surface area contributed by atoms with Crippen molar-refractivity contribution in [2.24, 2.45) is 0 Å². The van der Waals surface area contributed by atoms with E-state index >= 15 is 0 Å². The van der Waals surface area contributed by atoms with E-state index in [1.165, 1.54) is 47.7 Å². The van der Waals surface area contributed by atoms with Gasteiger partial charge in [-0.1, -0.05) is 57.4 Å². The van der Waals surface area contributed by atoms with E-state index in [-0.39, 0.29) is 35.6 Å². The summed E-state index contributed by atoms with van der Waals surface area (Å²) in [6, 6.07) is 19.7. The Morgan fingerprint density at radius 1 is 0.853 bits per heavy atom. The molecule has 0 saturated carbocycles. The molecular weight excluding hydrogens is 534 g/mol. The Balaban J connectivity index is 0.000000318. The van der Waals surface area contributed by atoms with Crippen LogP contribution in [0.25, 0.3) is 23.3 Å². The van der Waals surface area contributed by atoms with Crippen molar-refractivity contribution in [1.29, 1.82) is 0 Å². The number of benzene rings is 2. The fourth-order valence-corrected chi connectivity index (χ4v) is 4.72. The maximum absolute atomic E-state index is 3.50. The predicted molar refractivity (Wildman–Crippen MR) is 136 cm³/mol. The molecule has 0 radical (unpaired) electrons. The monoisotopic (exact) mass is 564 g/mol. The molecule has 6 rings (SSSR count). The average Bonchev–Trinajstić information content (AvgIpc) is 3.48. The van der Waals surface area contributed by atoms with Crippen molar-refractivity contribution >= 4 is 15.4 Å². The number of fused-ring (bicyclic) bond motifs is 5. The smallest absolute Gasteiger partial charge is 0.172 e. The largest absolute Gasteiger partial charge is 1.00 e. The van der Waals surface area contributed by atoms with Crippen molar-refractivity contribution in [2.45, 2.75) is 58.8 Å². The number of rotatable bonds is 0. The van der Waals surface area contributed by atoms with Gasteiger partial charge in [-0.25, -0.2) is 18.2 Å². The first-order chi connectivity index (χ1) is 15.1. The molecule has 0 amide bonds. The van der Waals surface area contributed by atoms with Crippen molar-refractivity contribution in [3.8, 4) is 11.1 Å². The van der Waals surface area contributed by atoms with Crippen LogP contribution in [-0.2, 0) is 41.5 Å². The van der Waals surface area contributed by atoms with E-state index in [0.29, 0.717) is 0 Å². The summed E-state index contributed by atoms with van der Waals surface area (Å²) in [5, 5.41) is 0. The van der Waals surface area contributed by atoms with Gasteiger partial charge in [0.05, 0.1) is 0 Å². The summed E-state index contributed by atoms with van der Waals surface area (Å²) in [7, 11) is 0. The van der Waals surface area contributed by atoms with Crippen molar-refractivity contribution in [3.63, 3.8) is 0 Å². The van der Waals surface area contributed by atoms with Crippen molar-refractivity contribution in [2.75, 3.05) is 0 Å². The molecule has 0 saturated heterocycles. The van der Waals surface area contributed by atoms with Crippen LogP contribution in [0.5, 0.6) is 0 Å². The van der Waals surface area contributed by atoms with Crippen LogP contribution in [0.3, 0.4) is 0 Å². The summed E-state index contributed by atoms with van der Waals surface area (Å²) in [4.78, 5) is 0. The maximum Gasteiger partial charge on any atom is -0.172 e. The average molecular weight is 567 g/mol. The molecule has 0 bridgehead atoms. The second-order valence-electron chi connectivity index (χ2n) is 10.3. The molecule has 3 heteroatoms. The minimum Gasteiger partial charge on any atom is -1.00 e. The molecule has 3 aromatic carbocycles. The zero-order valence-electron chi connectivity index (χ0n) is 20.9. The van der Waals surface area contributed by atoms with Crippen molar-refractivity contribution in [1.82, 2.24) is 0 Å². The Kier molecular flexibility index (Phi) is 9.43. The molecule has 0 nitrogen and oxygen atoms in total. The van der Waals surface area contributed by atoms with Crippen LogP contribution in [0.2, 0.25) is 0 Å². The first-order valence-electron chi connectivity index (χ1n) is 11.4. The molecule has 3 aromatic rings. The summed E-state index contributed by atoms with van der Waals surface area (Å²) >= 11 is 1.55. The Morgan fingerprint density at radius 2 is 1.38 bits per heavy atom. The Hall–Kier alpha value is -1.40. The van der Waals surface area contributed by atoms with E-state index < -0.39 is 0 Å². The summed E-state index contributed by atoms with van der Waals surface area (Å²) < 4.78 is 1.51. The molecule has 0 spiro atoms. The molecule has 3 aliphatic carbocycles. The fraction of sp³-hybridized carbons (Fsp3) is 0.290. The first-order valence-corrected chi connectivity index (χ1v) is 12.7. The molecule has 0 atom stereocenters. The number of allylic oxidation sites excluding steroid dienone is 2. The third kappa shape index (κ3) is 5.87. The first kappa shape index (κ1) is 28.8. The summed E-state index contributed by atoms with van der Waals surface area (Å²) in [6.07, 6.45) is 11.4. The van der Waals surface area contributed by atoms with Crippen molar-refractivity contribution in [3.05, 3.63) is 100 Å². The van der Waals surface area contributed by atoms with Gasteiger partial charge < -0.3 is 24.8 Å². The van der Waals surface area contributed by atoms with Gasteiger partial charge in [0.25, 0.3) is 0 Å². The molecule has 0 heterocycles. The minimum absolute atomic E-state index is 0. The van der Waals surface area contributed by atoms with Gasteiger partial charge in [-0.05, 0) is 45.9 Å². The second kappa shape index (κ2) is 11.1. The van der Waals surface area contributed by atoms with Crippen molar-refractivity contribution < 1.29 is 49.0 Å². The Bertz CT molecular complexity index is 1130. The summed E-state index contributed by atoms with van der Waals surface area (Å²) in [6.45, 7) is 13.4. The van der Waals surface area contributed by atoms with E-state index in [0.717, 1.165) is 6.42 Å². The zero-order chi connectivity index (χ0) is 23.1. The van der Waals surface area contributed by atoms with E-state index in [1.807, 2.05) is 30.3 Å². The van der Waals surface area contributed by atoms with Gasteiger partial charge >= 0.3 is 41.3 Å². The van der Waals surface area contributed by atoms with Crippen LogP contribution < -0.4 is 24.8 Å². The van der Waals surface area contributed by atoms with E-state index in [9.17, 15) is 0 Å². The van der Waals surface area contributed by atoms with Crippen LogP contribution in [0, 0.1) is 6.08 Å². The van der Waals surface area contributed by atoms with Gasteiger partial charge in [0.2, 0.25) is 0 Å². The SMILES string of the molecule is CC1(C)[C-]=Cc2cc3c(cc21)Cc1cc2c(cc1-3)C=CC2(C)C.C[C](C)=[Zr+2].[Cl-].[Cl-].c1cc[cH-]c1. The molecule has 3 aliphatic rings. The summed E-state index contributed by atoms with van der Waals surface area (Å²) in [5.74, 6) is 0. The zero-order valence-corrected chi connectivity index (χ0v) is 24.9. The molecule has 0 aromatic heterocycles. The normalized spacial score (nSPS) is 15.8. The van der Waals surface area contributed by atoms with Crippen LogP contribution >= 0.6 is 0 Å². The molecule has 0 aliphatic heterocycles. The minimum atomic E-state index is 0. The third-order valence-electron chi connectivity index (χ3n) is 6.41. The maximum atomic E-state index is 3.50. The summed E-state index contributed by atoms with van der Waals surface area (Å²) in [5.41, 5.74) is 11.7. The quantitative estimate of drug-likeness (QED) is 0.285.